The molecule has 0 N–H and O–H groups in total. The van der Waals surface area contributed by atoms with Crippen LogP contribution in [0.15, 0.2) is 55.1 Å². The van der Waals surface area contributed by atoms with Crippen molar-refractivity contribution in [1.29, 1.82) is 0 Å². The fraction of sp³-hybridized carbons (Fsp3) is 0.286. The van der Waals surface area contributed by atoms with E-state index in [9.17, 15) is 4.79 Å². The molecule has 0 fully saturated rings. The lowest BCUT2D eigenvalue weighted by Gasteiger charge is -2.22. The molecule has 1 unspecified atom stereocenters. The molecule has 1 aliphatic heterocycles. The maximum absolute atomic E-state index is 12.5. The molecule has 0 saturated carbocycles. The van der Waals surface area contributed by atoms with E-state index in [2.05, 4.69) is 6.58 Å². The van der Waals surface area contributed by atoms with Gasteiger partial charge in [0, 0.05) is 5.92 Å². The van der Waals surface area contributed by atoms with Gasteiger partial charge < -0.3 is 14.2 Å². The number of ketones is 1. The Hall–Kier alpha value is -2.46. The molecular formula is C21H21ClO4. The van der Waals surface area contributed by atoms with Gasteiger partial charge in [0.15, 0.2) is 17.3 Å². The lowest BCUT2D eigenvalue weighted by Crippen LogP contribution is -2.19. The minimum atomic E-state index is -0.378. The molecule has 0 aromatic heterocycles. The van der Waals surface area contributed by atoms with E-state index in [0.717, 1.165) is 16.9 Å². The van der Waals surface area contributed by atoms with Gasteiger partial charge in [0.25, 0.3) is 0 Å². The van der Waals surface area contributed by atoms with Gasteiger partial charge in [0.1, 0.15) is 25.6 Å². The minimum absolute atomic E-state index is 0.0399. The minimum Gasteiger partial charge on any atom is -0.489 e. The number of ether oxygens (including phenoxy) is 3. The molecule has 0 bridgehead atoms. The smallest absolute Gasteiger partial charge is 0.161 e. The second-order valence-electron chi connectivity index (χ2n) is 5.97. The van der Waals surface area contributed by atoms with E-state index in [1.54, 1.807) is 6.08 Å². The van der Waals surface area contributed by atoms with Crippen molar-refractivity contribution in [3.63, 3.8) is 0 Å². The highest BCUT2D eigenvalue weighted by Gasteiger charge is 2.24. The molecule has 5 heteroatoms. The molecule has 1 heterocycles. The molecule has 0 saturated heterocycles. The monoisotopic (exact) mass is 372 g/mol. The van der Waals surface area contributed by atoms with Gasteiger partial charge in [-0.05, 0) is 35.7 Å². The highest BCUT2D eigenvalue weighted by atomic mass is 35.5. The van der Waals surface area contributed by atoms with Crippen molar-refractivity contribution >= 4 is 17.4 Å². The van der Waals surface area contributed by atoms with Gasteiger partial charge in [-0.25, -0.2) is 0 Å². The fourth-order valence-corrected chi connectivity index (χ4v) is 3.16. The summed E-state index contributed by atoms with van der Waals surface area (Å²) in [7, 11) is 0. The Morgan fingerprint density at radius 1 is 1.19 bits per heavy atom. The number of fused-ring (bicyclic) bond motifs is 1. The molecular weight excluding hydrogens is 352 g/mol. The molecule has 1 aliphatic rings. The van der Waals surface area contributed by atoms with E-state index in [4.69, 9.17) is 25.8 Å². The largest absolute Gasteiger partial charge is 0.489 e. The van der Waals surface area contributed by atoms with Crippen molar-refractivity contribution in [2.45, 2.75) is 12.3 Å². The van der Waals surface area contributed by atoms with Crippen molar-refractivity contribution < 1.29 is 19.0 Å². The summed E-state index contributed by atoms with van der Waals surface area (Å²) in [6.45, 7) is 5.12. The Bertz CT molecular complexity index is 787. The quantitative estimate of drug-likeness (QED) is 0.515. The van der Waals surface area contributed by atoms with Crippen LogP contribution in [0.2, 0.25) is 0 Å². The number of rotatable bonds is 8. The SMILES string of the molecule is C=CCOc1ccccc1CC(C(=O)CCl)c1ccc2c(c1)OCCO2. The number of para-hydroxylation sites is 1. The fourth-order valence-electron chi connectivity index (χ4n) is 2.97. The number of carbonyl (C=O) groups excluding carboxylic acids is 1. The van der Waals surface area contributed by atoms with Gasteiger partial charge in [-0.1, -0.05) is 36.9 Å². The van der Waals surface area contributed by atoms with Crippen LogP contribution in [0.25, 0.3) is 0 Å². The van der Waals surface area contributed by atoms with Gasteiger partial charge >= 0.3 is 0 Å². The summed E-state index contributed by atoms with van der Waals surface area (Å²) in [4.78, 5) is 12.5. The van der Waals surface area contributed by atoms with E-state index in [-0.39, 0.29) is 17.6 Å². The van der Waals surface area contributed by atoms with Gasteiger partial charge in [0.05, 0.1) is 5.88 Å². The molecule has 26 heavy (non-hydrogen) atoms. The topological polar surface area (TPSA) is 44.8 Å². The number of hydrogen-bond acceptors (Lipinski definition) is 4. The first-order chi connectivity index (χ1) is 12.7. The molecule has 1 atom stereocenters. The summed E-state index contributed by atoms with van der Waals surface area (Å²) < 4.78 is 16.9. The van der Waals surface area contributed by atoms with Crippen LogP contribution in [0, 0.1) is 0 Å². The van der Waals surface area contributed by atoms with E-state index in [1.807, 2.05) is 42.5 Å². The van der Waals surface area contributed by atoms with E-state index < -0.39 is 0 Å². The zero-order valence-electron chi connectivity index (χ0n) is 14.4. The van der Waals surface area contributed by atoms with Gasteiger partial charge in [-0.3, -0.25) is 4.79 Å². The summed E-state index contributed by atoms with van der Waals surface area (Å²) in [5.74, 6) is 1.65. The summed E-state index contributed by atoms with van der Waals surface area (Å²) in [5.41, 5.74) is 1.81. The average Bonchev–Trinajstić information content (AvgIpc) is 2.70. The standard InChI is InChI=1S/C21H21ClO4/c1-2-9-24-19-6-4-3-5-16(19)12-17(18(23)14-22)15-7-8-20-21(13-15)26-11-10-25-20/h2-8,13,17H,1,9-12,14H2. The number of Topliss-reactive ketones (excluding diaryl/α,β-unsaturated/α-hetero) is 1. The highest BCUT2D eigenvalue weighted by Crippen LogP contribution is 2.35. The van der Waals surface area contributed by atoms with Crippen LogP contribution >= 0.6 is 11.6 Å². The van der Waals surface area contributed by atoms with E-state index in [1.165, 1.54) is 0 Å². The van der Waals surface area contributed by atoms with Crippen molar-refractivity contribution in [2.75, 3.05) is 25.7 Å². The van der Waals surface area contributed by atoms with Crippen LogP contribution in [-0.2, 0) is 11.2 Å². The van der Waals surface area contributed by atoms with E-state index in [0.29, 0.717) is 37.7 Å². The summed E-state index contributed by atoms with van der Waals surface area (Å²) >= 11 is 5.88. The molecule has 4 nitrogen and oxygen atoms in total. The zero-order valence-corrected chi connectivity index (χ0v) is 15.2. The Balaban J connectivity index is 1.90. The Kier molecular flexibility index (Phi) is 6.18. The van der Waals surface area contributed by atoms with Crippen LogP contribution in [0.3, 0.4) is 0 Å². The first-order valence-electron chi connectivity index (χ1n) is 8.52. The van der Waals surface area contributed by atoms with Crippen LogP contribution in [-0.4, -0.2) is 31.5 Å². The molecule has 3 rings (SSSR count). The van der Waals surface area contributed by atoms with E-state index >= 15 is 0 Å². The van der Waals surface area contributed by atoms with Gasteiger partial charge in [-0.15, -0.1) is 11.6 Å². The zero-order chi connectivity index (χ0) is 18.4. The number of carbonyl (C=O) groups is 1. The van der Waals surface area contributed by atoms with Crippen molar-refractivity contribution in [3.8, 4) is 17.2 Å². The van der Waals surface area contributed by atoms with Gasteiger partial charge in [-0.2, -0.15) is 0 Å². The van der Waals surface area contributed by atoms with Crippen LogP contribution < -0.4 is 14.2 Å². The second kappa shape index (κ2) is 8.77. The summed E-state index contributed by atoms with van der Waals surface area (Å²) in [6.07, 6.45) is 2.19. The van der Waals surface area contributed by atoms with Crippen LogP contribution in [0.5, 0.6) is 17.2 Å². The number of halogens is 1. The molecule has 136 valence electrons. The average molecular weight is 373 g/mol. The Morgan fingerprint density at radius 2 is 1.96 bits per heavy atom. The predicted octanol–water partition coefficient (Wildman–Crippen LogP) is 4.16. The highest BCUT2D eigenvalue weighted by molar-refractivity contribution is 6.28. The van der Waals surface area contributed by atoms with Crippen molar-refractivity contribution in [3.05, 3.63) is 66.2 Å². The Labute approximate surface area is 158 Å². The lowest BCUT2D eigenvalue weighted by molar-refractivity contribution is -0.118. The summed E-state index contributed by atoms with van der Waals surface area (Å²) in [5, 5.41) is 0. The molecule has 2 aromatic rings. The predicted molar refractivity (Wildman–Crippen MR) is 102 cm³/mol. The number of alkyl halides is 1. The van der Waals surface area contributed by atoms with Crippen molar-refractivity contribution in [1.82, 2.24) is 0 Å². The normalized spacial score (nSPS) is 13.7. The molecule has 0 amide bonds. The summed E-state index contributed by atoms with van der Waals surface area (Å²) in [6, 6.07) is 13.3. The van der Waals surface area contributed by atoms with Gasteiger partial charge in [0.2, 0.25) is 0 Å². The first-order valence-corrected chi connectivity index (χ1v) is 9.06. The maximum Gasteiger partial charge on any atom is 0.161 e. The van der Waals surface area contributed by atoms with Crippen molar-refractivity contribution in [2.24, 2.45) is 0 Å². The Morgan fingerprint density at radius 3 is 2.73 bits per heavy atom. The third kappa shape index (κ3) is 4.20. The third-order valence-electron chi connectivity index (χ3n) is 4.24. The molecule has 2 aromatic carbocycles. The third-order valence-corrected chi connectivity index (χ3v) is 4.51. The lowest BCUT2D eigenvalue weighted by atomic mass is 9.88. The first kappa shape index (κ1) is 18.3. The number of hydrogen-bond donors (Lipinski definition) is 0. The van der Waals surface area contributed by atoms with Crippen LogP contribution in [0.1, 0.15) is 17.0 Å². The molecule has 0 radical (unpaired) electrons. The number of benzene rings is 2. The maximum atomic E-state index is 12.5. The second-order valence-corrected chi connectivity index (χ2v) is 6.23. The molecule has 0 spiro atoms. The molecule has 0 aliphatic carbocycles. The van der Waals surface area contributed by atoms with Crippen LogP contribution in [0.4, 0.5) is 0 Å².